The molecule has 98 valence electrons. The van der Waals surface area contributed by atoms with Gasteiger partial charge in [-0.2, -0.15) is 0 Å². The topological polar surface area (TPSA) is 38.3 Å². The Morgan fingerprint density at radius 3 is 3.06 bits per heavy atom. The van der Waals surface area contributed by atoms with Gasteiger partial charge in [0.1, 0.15) is 17.7 Å². The van der Waals surface area contributed by atoms with Crippen molar-refractivity contribution in [3.05, 3.63) is 35.4 Å². The lowest BCUT2D eigenvalue weighted by molar-refractivity contribution is -0.144. The van der Waals surface area contributed by atoms with Crippen LogP contribution in [-0.4, -0.2) is 24.4 Å². The van der Waals surface area contributed by atoms with Crippen LogP contribution in [0.25, 0.3) is 0 Å². The van der Waals surface area contributed by atoms with Crippen molar-refractivity contribution in [1.82, 2.24) is 5.32 Å². The highest BCUT2D eigenvalue weighted by molar-refractivity contribution is 7.99. The first-order valence-corrected chi connectivity index (χ1v) is 6.66. The molecular formula is C12H13F2NO2S. The van der Waals surface area contributed by atoms with Crippen molar-refractivity contribution in [2.45, 2.75) is 18.3 Å². The third kappa shape index (κ3) is 2.81. The summed E-state index contributed by atoms with van der Waals surface area (Å²) in [7, 11) is 0. The van der Waals surface area contributed by atoms with Crippen LogP contribution >= 0.6 is 11.8 Å². The van der Waals surface area contributed by atoms with E-state index in [1.54, 1.807) is 6.92 Å². The Hall–Kier alpha value is -1.14. The van der Waals surface area contributed by atoms with Crippen molar-refractivity contribution < 1.29 is 18.3 Å². The van der Waals surface area contributed by atoms with Gasteiger partial charge in [-0.1, -0.05) is 0 Å². The lowest BCUT2D eigenvalue weighted by atomic mass is 10.2. The van der Waals surface area contributed by atoms with Gasteiger partial charge in [-0.05, 0) is 25.1 Å². The summed E-state index contributed by atoms with van der Waals surface area (Å²) in [4.78, 5) is 11.5. The van der Waals surface area contributed by atoms with Crippen molar-refractivity contribution >= 4 is 17.7 Å². The van der Waals surface area contributed by atoms with Gasteiger partial charge in [-0.3, -0.25) is 10.1 Å². The largest absolute Gasteiger partial charge is 0.465 e. The molecule has 2 rings (SSSR count). The van der Waals surface area contributed by atoms with Crippen LogP contribution in [0.1, 0.15) is 17.9 Å². The summed E-state index contributed by atoms with van der Waals surface area (Å²) in [5, 5.41) is 2.52. The number of carbonyl (C=O) groups excluding carboxylic acids is 1. The maximum absolute atomic E-state index is 13.6. The van der Waals surface area contributed by atoms with Gasteiger partial charge in [0.05, 0.1) is 12.0 Å². The fourth-order valence-electron chi connectivity index (χ4n) is 1.75. The second kappa shape index (κ2) is 5.67. The van der Waals surface area contributed by atoms with Gasteiger partial charge in [-0.25, -0.2) is 8.78 Å². The number of carbonyl (C=O) groups is 1. The summed E-state index contributed by atoms with van der Waals surface area (Å²) in [6.45, 7) is 2.03. The Morgan fingerprint density at radius 1 is 1.56 bits per heavy atom. The van der Waals surface area contributed by atoms with E-state index in [9.17, 15) is 13.6 Å². The molecule has 0 spiro atoms. The van der Waals surface area contributed by atoms with Gasteiger partial charge in [-0.15, -0.1) is 11.8 Å². The fourth-order valence-corrected chi connectivity index (χ4v) is 2.98. The monoisotopic (exact) mass is 273 g/mol. The second-order valence-electron chi connectivity index (χ2n) is 3.85. The third-order valence-corrected chi connectivity index (χ3v) is 3.84. The highest BCUT2D eigenvalue weighted by Crippen LogP contribution is 2.34. The number of halogens is 2. The van der Waals surface area contributed by atoms with Crippen LogP contribution in [-0.2, 0) is 9.53 Å². The van der Waals surface area contributed by atoms with Crippen LogP contribution in [0.5, 0.6) is 0 Å². The number of benzene rings is 1. The minimum Gasteiger partial charge on any atom is -0.465 e. The van der Waals surface area contributed by atoms with E-state index in [2.05, 4.69) is 5.32 Å². The SMILES string of the molecule is CCOC(=O)[C@H]1CSC(c2cc(F)ccc2F)N1. The van der Waals surface area contributed by atoms with Gasteiger partial charge < -0.3 is 4.74 Å². The number of thioether (sulfide) groups is 1. The van der Waals surface area contributed by atoms with Crippen molar-refractivity contribution in [3.63, 3.8) is 0 Å². The Labute approximate surface area is 108 Å². The number of hydrogen-bond acceptors (Lipinski definition) is 4. The molecule has 1 aliphatic rings. The lowest BCUT2D eigenvalue weighted by Crippen LogP contribution is -2.35. The van der Waals surface area contributed by atoms with Gasteiger partial charge in [0.25, 0.3) is 0 Å². The Kier molecular flexibility index (Phi) is 4.19. The third-order valence-electron chi connectivity index (χ3n) is 2.59. The van der Waals surface area contributed by atoms with E-state index in [1.807, 2.05) is 0 Å². The molecule has 1 heterocycles. The molecule has 1 aromatic rings. The second-order valence-corrected chi connectivity index (χ2v) is 4.99. The van der Waals surface area contributed by atoms with Crippen LogP contribution in [0.15, 0.2) is 18.2 Å². The molecule has 0 aromatic heterocycles. The molecule has 1 saturated heterocycles. The molecule has 1 unspecified atom stereocenters. The first kappa shape index (κ1) is 13.3. The molecule has 6 heteroatoms. The average molecular weight is 273 g/mol. The molecule has 2 atom stereocenters. The zero-order valence-electron chi connectivity index (χ0n) is 9.78. The van der Waals surface area contributed by atoms with E-state index in [4.69, 9.17) is 4.74 Å². The number of rotatable bonds is 3. The molecule has 0 aliphatic carbocycles. The zero-order valence-corrected chi connectivity index (χ0v) is 10.6. The van der Waals surface area contributed by atoms with E-state index in [0.717, 1.165) is 18.2 Å². The summed E-state index contributed by atoms with van der Waals surface area (Å²) >= 11 is 1.36. The van der Waals surface area contributed by atoms with E-state index in [1.165, 1.54) is 11.8 Å². The van der Waals surface area contributed by atoms with E-state index in [0.29, 0.717) is 12.4 Å². The van der Waals surface area contributed by atoms with Crippen molar-refractivity contribution in [2.75, 3.05) is 12.4 Å². The van der Waals surface area contributed by atoms with E-state index in [-0.39, 0.29) is 11.5 Å². The summed E-state index contributed by atoms with van der Waals surface area (Å²) in [5.41, 5.74) is 0.229. The zero-order chi connectivity index (χ0) is 13.1. The Morgan fingerprint density at radius 2 is 2.33 bits per heavy atom. The summed E-state index contributed by atoms with van der Waals surface area (Å²) in [5.74, 6) is -0.844. The minimum atomic E-state index is -0.492. The Bertz CT molecular complexity index is 456. The molecule has 1 fully saturated rings. The number of esters is 1. The molecule has 1 aliphatic heterocycles. The van der Waals surface area contributed by atoms with Crippen LogP contribution in [0.4, 0.5) is 8.78 Å². The van der Waals surface area contributed by atoms with Gasteiger partial charge in [0.2, 0.25) is 0 Å². The highest BCUT2D eigenvalue weighted by atomic mass is 32.2. The molecule has 3 nitrogen and oxygen atoms in total. The smallest absolute Gasteiger partial charge is 0.324 e. The number of ether oxygens (including phenoxy) is 1. The van der Waals surface area contributed by atoms with Gasteiger partial charge in [0, 0.05) is 11.3 Å². The highest BCUT2D eigenvalue weighted by Gasteiger charge is 2.32. The average Bonchev–Trinajstić information content (AvgIpc) is 2.82. The fraction of sp³-hybridized carbons (Fsp3) is 0.417. The minimum absolute atomic E-state index is 0.229. The molecule has 1 aromatic carbocycles. The lowest BCUT2D eigenvalue weighted by Gasteiger charge is -2.13. The van der Waals surface area contributed by atoms with Crippen LogP contribution < -0.4 is 5.32 Å². The standard InChI is InChI=1S/C12H13F2NO2S/c1-2-17-12(16)10-6-18-11(15-10)8-5-7(13)3-4-9(8)14/h3-5,10-11,15H,2,6H2,1H3/t10-,11?/m1/s1. The molecule has 0 saturated carbocycles. The van der Waals surface area contributed by atoms with E-state index < -0.39 is 23.1 Å². The van der Waals surface area contributed by atoms with Crippen molar-refractivity contribution in [2.24, 2.45) is 0 Å². The number of nitrogens with one attached hydrogen (secondary N) is 1. The number of hydrogen-bond donors (Lipinski definition) is 1. The molecule has 18 heavy (non-hydrogen) atoms. The van der Waals surface area contributed by atoms with Crippen LogP contribution in [0.3, 0.4) is 0 Å². The van der Waals surface area contributed by atoms with Crippen LogP contribution in [0.2, 0.25) is 0 Å². The predicted molar refractivity (Wildman–Crippen MR) is 65.1 cm³/mol. The molecule has 0 bridgehead atoms. The molecule has 1 N–H and O–H groups in total. The summed E-state index contributed by atoms with van der Waals surface area (Å²) < 4.78 is 31.5. The van der Waals surface area contributed by atoms with Crippen molar-refractivity contribution in [3.8, 4) is 0 Å². The molecular weight excluding hydrogens is 260 g/mol. The quantitative estimate of drug-likeness (QED) is 0.857. The maximum Gasteiger partial charge on any atom is 0.324 e. The molecule has 0 radical (unpaired) electrons. The van der Waals surface area contributed by atoms with Gasteiger partial charge >= 0.3 is 5.97 Å². The van der Waals surface area contributed by atoms with Gasteiger partial charge in [0.15, 0.2) is 0 Å². The summed E-state index contributed by atoms with van der Waals surface area (Å²) in [6, 6.07) is 2.84. The van der Waals surface area contributed by atoms with E-state index >= 15 is 0 Å². The Balaban J connectivity index is 2.08. The first-order chi connectivity index (χ1) is 8.61. The molecule has 0 amide bonds. The predicted octanol–water partition coefficient (Wildman–Crippen LogP) is 2.23. The van der Waals surface area contributed by atoms with Crippen LogP contribution in [0, 0.1) is 11.6 Å². The maximum atomic E-state index is 13.6. The van der Waals surface area contributed by atoms with Crippen molar-refractivity contribution in [1.29, 1.82) is 0 Å². The first-order valence-electron chi connectivity index (χ1n) is 5.61. The normalized spacial score (nSPS) is 23.1. The summed E-state index contributed by atoms with van der Waals surface area (Å²) in [6.07, 6.45) is 0.